The van der Waals surface area contributed by atoms with Gasteiger partial charge in [-0.15, -0.1) is 0 Å². The minimum Gasteiger partial charge on any atom is -0.469 e. The Bertz CT molecular complexity index is 286. The van der Waals surface area contributed by atoms with Gasteiger partial charge in [0.25, 0.3) is 0 Å². The zero-order chi connectivity index (χ0) is 12.9. The Morgan fingerprint density at radius 3 is 2.47 bits per heavy atom. The summed E-state index contributed by atoms with van der Waals surface area (Å²) in [7, 11) is 1.40. The van der Waals surface area contributed by atoms with Crippen molar-refractivity contribution in [3.8, 4) is 0 Å². The predicted octanol–water partition coefficient (Wildman–Crippen LogP) is 1.88. The van der Waals surface area contributed by atoms with Crippen molar-refractivity contribution in [1.82, 2.24) is 5.32 Å². The van der Waals surface area contributed by atoms with Crippen LogP contribution in [0.3, 0.4) is 0 Å². The molecule has 4 nitrogen and oxygen atoms in total. The zero-order valence-corrected chi connectivity index (χ0v) is 11.0. The van der Waals surface area contributed by atoms with Gasteiger partial charge in [0.2, 0.25) is 5.91 Å². The highest BCUT2D eigenvalue weighted by molar-refractivity contribution is 5.82. The number of hydrogen-bond acceptors (Lipinski definition) is 3. The van der Waals surface area contributed by atoms with Gasteiger partial charge in [0.1, 0.15) is 0 Å². The third kappa shape index (κ3) is 4.75. The molecule has 1 N–H and O–H groups in total. The molecule has 0 aromatic rings. The molecule has 1 atom stereocenters. The topological polar surface area (TPSA) is 55.4 Å². The molecule has 1 aliphatic carbocycles. The van der Waals surface area contributed by atoms with E-state index in [0.29, 0.717) is 13.0 Å². The molecule has 0 aromatic carbocycles. The number of carbonyl (C=O) groups is 2. The third-order valence-corrected chi connectivity index (χ3v) is 3.41. The van der Waals surface area contributed by atoms with Gasteiger partial charge >= 0.3 is 5.97 Å². The first kappa shape index (κ1) is 14.0. The maximum absolute atomic E-state index is 11.6. The molecule has 1 amide bonds. The summed E-state index contributed by atoms with van der Waals surface area (Å²) in [6.45, 7) is 4.95. The van der Waals surface area contributed by atoms with Gasteiger partial charge in [0.15, 0.2) is 0 Å². The minimum absolute atomic E-state index is 0.159. The molecule has 0 aromatic heterocycles. The van der Waals surface area contributed by atoms with E-state index < -0.39 is 0 Å². The van der Waals surface area contributed by atoms with Gasteiger partial charge in [-0.05, 0) is 24.7 Å². The van der Waals surface area contributed by atoms with Crippen LogP contribution >= 0.6 is 0 Å². The zero-order valence-electron chi connectivity index (χ0n) is 11.0. The minimum atomic E-state index is -0.159. The van der Waals surface area contributed by atoms with Gasteiger partial charge < -0.3 is 10.1 Å². The number of methoxy groups -OCH3 is 1. The van der Waals surface area contributed by atoms with E-state index in [2.05, 4.69) is 23.9 Å². The van der Waals surface area contributed by atoms with Crippen molar-refractivity contribution in [3.63, 3.8) is 0 Å². The lowest BCUT2D eigenvalue weighted by molar-refractivity contribution is -0.140. The van der Waals surface area contributed by atoms with E-state index in [0.717, 1.165) is 25.7 Å². The molecule has 17 heavy (non-hydrogen) atoms. The lowest BCUT2D eigenvalue weighted by Crippen LogP contribution is -2.27. The number of rotatable bonds is 7. The lowest BCUT2D eigenvalue weighted by atomic mass is 10.1. The fourth-order valence-electron chi connectivity index (χ4n) is 1.92. The SMILES string of the molecule is COC(=O)CCCCCNC(=O)C1CC1(C)C. The predicted molar refractivity (Wildman–Crippen MR) is 65.4 cm³/mol. The van der Waals surface area contributed by atoms with Crippen LogP contribution in [0.25, 0.3) is 0 Å². The largest absolute Gasteiger partial charge is 0.469 e. The maximum Gasteiger partial charge on any atom is 0.305 e. The molecule has 1 unspecified atom stereocenters. The average Bonchev–Trinajstić information content (AvgIpc) is 2.92. The molecular formula is C13H23NO3. The van der Waals surface area contributed by atoms with Crippen LogP contribution in [0.4, 0.5) is 0 Å². The fourth-order valence-corrected chi connectivity index (χ4v) is 1.92. The van der Waals surface area contributed by atoms with Crippen molar-refractivity contribution in [2.75, 3.05) is 13.7 Å². The van der Waals surface area contributed by atoms with Crippen molar-refractivity contribution in [2.24, 2.45) is 11.3 Å². The van der Waals surface area contributed by atoms with E-state index in [9.17, 15) is 9.59 Å². The van der Waals surface area contributed by atoms with Crippen LogP contribution in [0, 0.1) is 11.3 Å². The summed E-state index contributed by atoms with van der Waals surface area (Å²) in [4.78, 5) is 22.5. The average molecular weight is 241 g/mol. The summed E-state index contributed by atoms with van der Waals surface area (Å²) in [6.07, 6.45) is 4.18. The number of hydrogen-bond donors (Lipinski definition) is 1. The molecule has 1 saturated carbocycles. The van der Waals surface area contributed by atoms with Gasteiger partial charge in [-0.3, -0.25) is 9.59 Å². The Balaban J connectivity index is 1.94. The van der Waals surface area contributed by atoms with Gasteiger partial charge in [0, 0.05) is 18.9 Å². The Morgan fingerprint density at radius 1 is 1.29 bits per heavy atom. The van der Waals surface area contributed by atoms with Crippen LogP contribution in [0.5, 0.6) is 0 Å². The summed E-state index contributed by atoms with van der Waals surface area (Å²) in [6, 6.07) is 0. The number of esters is 1. The molecular weight excluding hydrogens is 218 g/mol. The van der Waals surface area contributed by atoms with Crippen molar-refractivity contribution in [1.29, 1.82) is 0 Å². The normalized spacial score (nSPS) is 20.8. The highest BCUT2D eigenvalue weighted by atomic mass is 16.5. The number of amides is 1. The number of carbonyl (C=O) groups excluding carboxylic acids is 2. The molecule has 0 bridgehead atoms. The molecule has 0 spiro atoms. The van der Waals surface area contributed by atoms with Crippen LogP contribution < -0.4 is 5.32 Å². The Kier molecular flexibility index (Phi) is 4.97. The Hall–Kier alpha value is -1.06. The second-order valence-electron chi connectivity index (χ2n) is 5.42. The summed E-state index contributed by atoms with van der Waals surface area (Å²) >= 11 is 0. The van der Waals surface area contributed by atoms with Crippen molar-refractivity contribution >= 4 is 11.9 Å². The molecule has 4 heteroatoms. The van der Waals surface area contributed by atoms with Crippen LogP contribution in [-0.4, -0.2) is 25.5 Å². The second-order valence-corrected chi connectivity index (χ2v) is 5.42. The molecule has 1 aliphatic rings. The van der Waals surface area contributed by atoms with Crippen LogP contribution in [0.2, 0.25) is 0 Å². The molecule has 1 fully saturated rings. The van der Waals surface area contributed by atoms with Gasteiger partial charge in [-0.25, -0.2) is 0 Å². The number of ether oxygens (including phenoxy) is 1. The van der Waals surface area contributed by atoms with E-state index >= 15 is 0 Å². The van der Waals surface area contributed by atoms with Gasteiger partial charge in [-0.1, -0.05) is 20.3 Å². The standard InChI is InChI=1S/C13H23NO3/c1-13(2)9-10(13)12(16)14-8-6-4-5-7-11(15)17-3/h10H,4-9H2,1-3H3,(H,14,16). The van der Waals surface area contributed by atoms with Crippen LogP contribution in [-0.2, 0) is 14.3 Å². The summed E-state index contributed by atoms with van der Waals surface area (Å²) < 4.78 is 4.55. The van der Waals surface area contributed by atoms with Crippen LogP contribution in [0.15, 0.2) is 0 Å². The van der Waals surface area contributed by atoms with E-state index in [1.807, 2.05) is 0 Å². The first-order valence-corrected chi connectivity index (χ1v) is 6.32. The number of nitrogens with one attached hydrogen (secondary N) is 1. The van der Waals surface area contributed by atoms with Crippen molar-refractivity contribution in [2.45, 2.75) is 46.0 Å². The lowest BCUT2D eigenvalue weighted by Gasteiger charge is -2.06. The second kappa shape index (κ2) is 6.03. The first-order valence-electron chi connectivity index (χ1n) is 6.32. The van der Waals surface area contributed by atoms with Crippen molar-refractivity contribution in [3.05, 3.63) is 0 Å². The third-order valence-electron chi connectivity index (χ3n) is 3.41. The summed E-state index contributed by atoms with van der Waals surface area (Å²) in [5.74, 6) is 0.231. The molecule has 0 heterocycles. The van der Waals surface area contributed by atoms with E-state index in [1.165, 1.54) is 7.11 Å². The van der Waals surface area contributed by atoms with E-state index in [1.54, 1.807) is 0 Å². The van der Waals surface area contributed by atoms with Crippen LogP contribution in [0.1, 0.15) is 46.0 Å². The summed E-state index contributed by atoms with van der Waals surface area (Å²) in [5, 5.41) is 2.95. The molecule has 0 saturated heterocycles. The molecule has 0 aliphatic heterocycles. The van der Waals surface area contributed by atoms with Gasteiger partial charge in [-0.2, -0.15) is 0 Å². The van der Waals surface area contributed by atoms with Crippen molar-refractivity contribution < 1.29 is 14.3 Å². The molecule has 98 valence electrons. The first-order chi connectivity index (χ1) is 7.97. The maximum atomic E-state index is 11.6. The van der Waals surface area contributed by atoms with E-state index in [4.69, 9.17) is 0 Å². The highest BCUT2D eigenvalue weighted by Crippen LogP contribution is 2.51. The fraction of sp³-hybridized carbons (Fsp3) is 0.846. The Labute approximate surface area is 103 Å². The quantitative estimate of drug-likeness (QED) is 0.547. The Morgan fingerprint density at radius 2 is 1.94 bits per heavy atom. The monoisotopic (exact) mass is 241 g/mol. The van der Waals surface area contributed by atoms with Gasteiger partial charge in [0.05, 0.1) is 7.11 Å². The van der Waals surface area contributed by atoms with E-state index in [-0.39, 0.29) is 23.2 Å². The highest BCUT2D eigenvalue weighted by Gasteiger charge is 2.50. The number of unbranched alkanes of at least 4 members (excludes halogenated alkanes) is 2. The molecule has 1 rings (SSSR count). The summed E-state index contributed by atoms with van der Waals surface area (Å²) in [5.41, 5.74) is 0.203. The smallest absolute Gasteiger partial charge is 0.305 e. The molecule has 0 radical (unpaired) electrons.